The summed E-state index contributed by atoms with van der Waals surface area (Å²) in [6, 6.07) is 7.73. The third-order valence-corrected chi connectivity index (χ3v) is 6.18. The maximum absolute atomic E-state index is 12.4. The molecule has 1 saturated heterocycles. The molecule has 7 heteroatoms. The van der Waals surface area contributed by atoms with Crippen LogP contribution in [-0.2, 0) is 16.1 Å². The smallest absolute Gasteiger partial charge is 0.237 e. The first kappa shape index (κ1) is 18.2. The lowest BCUT2D eigenvalue weighted by molar-refractivity contribution is -0.134. The lowest BCUT2D eigenvalue weighted by Gasteiger charge is -2.37. The molecule has 2 aromatic rings. The predicted octanol–water partition coefficient (Wildman–Crippen LogP) is 2.77. The largest absolute Gasteiger partial charge is 0.353 e. The van der Waals surface area contributed by atoms with Crippen LogP contribution in [0.1, 0.15) is 25.1 Å². The zero-order valence-electron chi connectivity index (χ0n) is 14.3. The van der Waals surface area contributed by atoms with Gasteiger partial charge in [-0.2, -0.15) is 0 Å². The van der Waals surface area contributed by atoms with Crippen molar-refractivity contribution < 1.29 is 9.59 Å². The molecular weight excluding hydrogens is 358 g/mol. The molecule has 1 fully saturated rings. The van der Waals surface area contributed by atoms with Crippen LogP contribution < -0.4 is 10.6 Å². The molecule has 1 aromatic carbocycles. The summed E-state index contributed by atoms with van der Waals surface area (Å²) in [5, 5.41) is 7.46. The van der Waals surface area contributed by atoms with Gasteiger partial charge < -0.3 is 10.6 Å². The van der Waals surface area contributed by atoms with Gasteiger partial charge in [0, 0.05) is 34.1 Å². The highest BCUT2D eigenvalue weighted by atomic mass is 35.5. The summed E-state index contributed by atoms with van der Waals surface area (Å²) in [5.74, 6) is -0.212. The number of hydrogen-bond donors (Lipinski definition) is 2. The van der Waals surface area contributed by atoms with E-state index in [1.807, 2.05) is 38.1 Å². The van der Waals surface area contributed by atoms with Crippen molar-refractivity contribution in [3.63, 3.8) is 0 Å². The number of nitrogens with one attached hydrogen (secondary N) is 2. The molecule has 25 heavy (non-hydrogen) atoms. The summed E-state index contributed by atoms with van der Waals surface area (Å²) in [4.78, 5) is 27.5. The van der Waals surface area contributed by atoms with Crippen LogP contribution in [0.25, 0.3) is 10.1 Å². The Morgan fingerprint density at radius 2 is 2.20 bits per heavy atom. The van der Waals surface area contributed by atoms with Gasteiger partial charge in [-0.1, -0.05) is 29.8 Å². The molecule has 0 aliphatic carbocycles. The molecular formula is C18H22ClN3O2S. The van der Waals surface area contributed by atoms with Gasteiger partial charge in [-0.25, -0.2) is 0 Å². The Morgan fingerprint density at radius 3 is 2.92 bits per heavy atom. The van der Waals surface area contributed by atoms with Gasteiger partial charge in [-0.15, -0.1) is 11.3 Å². The SMILES string of the molecule is CC(C)N1CCNC(=O)[C@@H]1CC(=O)NCc1sc2ccccc2c1Cl. The maximum atomic E-state index is 12.4. The van der Waals surface area contributed by atoms with E-state index in [1.54, 1.807) is 11.3 Å². The fourth-order valence-electron chi connectivity index (χ4n) is 3.17. The van der Waals surface area contributed by atoms with Gasteiger partial charge in [0.2, 0.25) is 11.8 Å². The molecule has 3 rings (SSSR count). The molecule has 5 nitrogen and oxygen atoms in total. The third kappa shape index (κ3) is 3.97. The van der Waals surface area contributed by atoms with Crippen LogP contribution in [0.3, 0.4) is 0 Å². The van der Waals surface area contributed by atoms with Gasteiger partial charge in [-0.3, -0.25) is 14.5 Å². The van der Waals surface area contributed by atoms with Crippen LogP contribution in [-0.4, -0.2) is 41.9 Å². The Labute approximate surface area is 156 Å². The quantitative estimate of drug-likeness (QED) is 0.839. The molecule has 2 amide bonds. The van der Waals surface area contributed by atoms with E-state index in [1.165, 1.54) is 0 Å². The first-order valence-corrected chi connectivity index (χ1v) is 9.63. The highest BCUT2D eigenvalue weighted by Crippen LogP contribution is 2.34. The molecule has 2 N–H and O–H groups in total. The number of nitrogens with zero attached hydrogens (tertiary/aromatic N) is 1. The first-order valence-electron chi connectivity index (χ1n) is 8.43. The second-order valence-corrected chi connectivity index (χ2v) is 7.97. The van der Waals surface area contributed by atoms with Crippen molar-refractivity contribution in [2.24, 2.45) is 0 Å². The monoisotopic (exact) mass is 379 g/mol. The number of thiophene rings is 1. The van der Waals surface area contributed by atoms with E-state index in [2.05, 4.69) is 15.5 Å². The minimum atomic E-state index is -0.411. The molecule has 0 spiro atoms. The third-order valence-electron chi connectivity index (χ3n) is 4.46. The van der Waals surface area contributed by atoms with Gasteiger partial charge >= 0.3 is 0 Å². The zero-order valence-corrected chi connectivity index (χ0v) is 15.9. The Balaban J connectivity index is 1.63. The van der Waals surface area contributed by atoms with Crippen LogP contribution in [0.15, 0.2) is 24.3 Å². The van der Waals surface area contributed by atoms with E-state index in [0.29, 0.717) is 18.1 Å². The molecule has 1 aliphatic rings. The number of carbonyl (C=O) groups is 2. The molecule has 0 radical (unpaired) electrons. The van der Waals surface area contributed by atoms with Crippen molar-refractivity contribution in [2.75, 3.05) is 13.1 Å². The van der Waals surface area contributed by atoms with E-state index >= 15 is 0 Å². The summed E-state index contributed by atoms with van der Waals surface area (Å²) in [6.45, 7) is 5.87. The predicted molar refractivity (Wildman–Crippen MR) is 102 cm³/mol. The van der Waals surface area contributed by atoms with Crippen LogP contribution in [0.5, 0.6) is 0 Å². The number of hydrogen-bond acceptors (Lipinski definition) is 4. The number of carbonyl (C=O) groups excluding carboxylic acids is 2. The van der Waals surface area contributed by atoms with Crippen molar-refractivity contribution >= 4 is 44.8 Å². The van der Waals surface area contributed by atoms with E-state index in [-0.39, 0.29) is 24.3 Å². The molecule has 0 unspecified atom stereocenters. The summed E-state index contributed by atoms with van der Waals surface area (Å²) in [5.41, 5.74) is 0. The summed E-state index contributed by atoms with van der Waals surface area (Å²) in [6.07, 6.45) is 0.159. The van der Waals surface area contributed by atoms with Crippen molar-refractivity contribution in [2.45, 2.75) is 38.9 Å². The van der Waals surface area contributed by atoms with Gasteiger partial charge in [0.05, 0.1) is 24.0 Å². The number of rotatable bonds is 5. The number of fused-ring (bicyclic) bond motifs is 1. The minimum absolute atomic E-state index is 0.0741. The highest BCUT2D eigenvalue weighted by molar-refractivity contribution is 7.19. The molecule has 1 aromatic heterocycles. The second kappa shape index (κ2) is 7.72. The summed E-state index contributed by atoms with van der Waals surface area (Å²) >= 11 is 7.99. The molecule has 2 heterocycles. The lowest BCUT2D eigenvalue weighted by atomic mass is 10.1. The van der Waals surface area contributed by atoms with E-state index in [0.717, 1.165) is 21.5 Å². The first-order chi connectivity index (χ1) is 12.0. The van der Waals surface area contributed by atoms with Crippen molar-refractivity contribution in [1.82, 2.24) is 15.5 Å². The number of halogens is 1. The molecule has 134 valence electrons. The van der Waals surface area contributed by atoms with Gasteiger partial charge in [-0.05, 0) is 19.9 Å². The van der Waals surface area contributed by atoms with Crippen molar-refractivity contribution in [1.29, 1.82) is 0 Å². The van der Waals surface area contributed by atoms with Gasteiger partial charge in [0.15, 0.2) is 0 Å². The molecule has 1 aliphatic heterocycles. The Hall–Kier alpha value is -1.63. The number of amides is 2. The van der Waals surface area contributed by atoms with E-state index in [9.17, 15) is 9.59 Å². The lowest BCUT2D eigenvalue weighted by Crippen LogP contribution is -2.58. The summed E-state index contributed by atoms with van der Waals surface area (Å²) in [7, 11) is 0. The average molecular weight is 380 g/mol. The minimum Gasteiger partial charge on any atom is -0.353 e. The van der Waals surface area contributed by atoms with Crippen molar-refractivity contribution in [3.05, 3.63) is 34.2 Å². The highest BCUT2D eigenvalue weighted by Gasteiger charge is 2.32. The van der Waals surface area contributed by atoms with Gasteiger partial charge in [0.1, 0.15) is 0 Å². The Morgan fingerprint density at radius 1 is 1.44 bits per heavy atom. The maximum Gasteiger partial charge on any atom is 0.237 e. The van der Waals surface area contributed by atoms with Crippen molar-refractivity contribution in [3.8, 4) is 0 Å². The topological polar surface area (TPSA) is 61.4 Å². The average Bonchev–Trinajstić information content (AvgIpc) is 2.91. The normalized spacial score (nSPS) is 18.6. The fourth-order valence-corrected chi connectivity index (χ4v) is 4.60. The zero-order chi connectivity index (χ0) is 18.0. The Kier molecular flexibility index (Phi) is 5.61. The second-order valence-electron chi connectivity index (χ2n) is 6.45. The van der Waals surface area contributed by atoms with E-state index in [4.69, 9.17) is 11.6 Å². The van der Waals surface area contributed by atoms with Crippen LogP contribution >= 0.6 is 22.9 Å². The van der Waals surface area contributed by atoms with Crippen LogP contribution in [0.2, 0.25) is 5.02 Å². The number of benzene rings is 1. The van der Waals surface area contributed by atoms with Crippen LogP contribution in [0.4, 0.5) is 0 Å². The Bertz CT molecular complexity index is 790. The van der Waals surface area contributed by atoms with Crippen LogP contribution in [0, 0.1) is 0 Å². The molecule has 1 atom stereocenters. The standard InChI is InChI=1S/C18H22ClN3O2S/c1-11(2)22-8-7-20-18(24)13(22)9-16(23)21-10-15-17(19)12-5-3-4-6-14(12)25-15/h3-6,11,13H,7-10H2,1-2H3,(H,20,24)(H,21,23)/t13-/m0/s1. The van der Waals surface area contributed by atoms with E-state index < -0.39 is 6.04 Å². The van der Waals surface area contributed by atoms with Gasteiger partial charge in [0.25, 0.3) is 0 Å². The molecule has 0 saturated carbocycles. The number of piperazine rings is 1. The fraction of sp³-hybridized carbons (Fsp3) is 0.444. The summed E-state index contributed by atoms with van der Waals surface area (Å²) < 4.78 is 1.11. The molecule has 0 bridgehead atoms.